The number of nitrogens with one attached hydrogen (secondary N) is 2. The van der Waals surface area contributed by atoms with Crippen molar-refractivity contribution < 1.29 is 38.1 Å². The highest BCUT2D eigenvalue weighted by molar-refractivity contribution is 6.69. The molecule has 48 heavy (non-hydrogen) atoms. The molecule has 3 aromatic carbocycles. The maximum absolute atomic E-state index is 13.6. The second kappa shape index (κ2) is 17.7. The average Bonchev–Trinajstić information content (AvgIpc) is 3.01. The van der Waals surface area contributed by atoms with Gasteiger partial charge in [0.25, 0.3) is 0 Å². The molecule has 3 rings (SSSR count). The van der Waals surface area contributed by atoms with E-state index < -0.39 is 44.2 Å². The normalized spacial score (nSPS) is 12.8. The lowest BCUT2D eigenvalue weighted by Crippen LogP contribution is -2.51. The molecule has 0 aliphatic rings. The Kier molecular flexibility index (Phi) is 14.0. The van der Waals surface area contributed by atoms with Crippen molar-refractivity contribution in [1.29, 1.82) is 0 Å². The van der Waals surface area contributed by atoms with Crippen LogP contribution in [-0.2, 0) is 20.3 Å². The number of urea groups is 1. The molecule has 0 aromatic heterocycles. The van der Waals surface area contributed by atoms with Crippen molar-refractivity contribution in [3.63, 3.8) is 0 Å². The van der Waals surface area contributed by atoms with E-state index in [-0.39, 0.29) is 26.4 Å². The second-order valence-corrected chi connectivity index (χ2v) is 17.8. The zero-order chi connectivity index (χ0) is 35.3. The number of para-hydroxylation sites is 1. The number of esters is 1. The largest absolute Gasteiger partial charge is 0.491 e. The van der Waals surface area contributed by atoms with E-state index >= 15 is 0 Å². The van der Waals surface area contributed by atoms with Gasteiger partial charge in [-0.1, -0.05) is 30.3 Å². The number of hydrogen-bond donors (Lipinski definition) is 3. The molecule has 0 radical (unpaired) electrons. The Morgan fingerprint density at radius 2 is 1.44 bits per heavy atom. The molecule has 3 N–H and O–H groups in total. The van der Waals surface area contributed by atoms with Crippen molar-refractivity contribution in [2.24, 2.45) is 0 Å². The molecule has 0 saturated carbocycles. The zero-order valence-corrected chi connectivity index (χ0v) is 29.9. The Morgan fingerprint density at radius 1 is 0.854 bits per heavy atom. The van der Waals surface area contributed by atoms with Crippen LogP contribution in [0.4, 0.5) is 21.0 Å². The number of anilines is 2. The minimum absolute atomic E-state index is 0.0110. The number of carbonyl (C=O) groups excluding carboxylic acids is 3. The summed E-state index contributed by atoms with van der Waals surface area (Å²) in [6.07, 6.45) is -1.14. The van der Waals surface area contributed by atoms with Crippen LogP contribution in [0.15, 0.2) is 78.9 Å². The maximum atomic E-state index is 13.6. The molecule has 0 aliphatic carbocycles. The summed E-state index contributed by atoms with van der Waals surface area (Å²) in [6.45, 7) is 13.8. The quantitative estimate of drug-likeness (QED) is 0.116. The minimum atomic E-state index is -1.98. The molecular weight excluding hydrogens is 630 g/mol. The van der Waals surface area contributed by atoms with Gasteiger partial charge < -0.3 is 34.4 Å². The van der Waals surface area contributed by atoms with Crippen LogP contribution >= 0.6 is 0 Å². The third-order valence-electron chi connectivity index (χ3n) is 6.71. The monoisotopic (exact) mass is 679 g/mol. The predicted octanol–water partition coefficient (Wildman–Crippen LogP) is 6.95. The molecule has 11 nitrogen and oxygen atoms in total. The van der Waals surface area contributed by atoms with E-state index in [2.05, 4.69) is 30.3 Å². The van der Waals surface area contributed by atoms with Crippen LogP contribution in [0, 0.1) is 0 Å². The molecule has 260 valence electrons. The second-order valence-electron chi connectivity index (χ2n) is 13.3. The number of hydrogen-bond acceptors (Lipinski definition) is 8. The lowest BCUT2D eigenvalue weighted by Gasteiger charge is -2.36. The van der Waals surface area contributed by atoms with Crippen LogP contribution in [0.3, 0.4) is 0 Å². The minimum Gasteiger partial charge on any atom is -0.491 e. The highest BCUT2D eigenvalue weighted by Crippen LogP contribution is 2.20. The Morgan fingerprint density at radius 3 is 1.98 bits per heavy atom. The van der Waals surface area contributed by atoms with Crippen molar-refractivity contribution in [3.8, 4) is 5.75 Å². The van der Waals surface area contributed by atoms with E-state index in [4.69, 9.17) is 18.6 Å². The number of aliphatic hydroxyl groups is 1. The Hall–Kier alpha value is -4.39. The smallest absolute Gasteiger partial charge is 0.410 e. The van der Waals surface area contributed by atoms with E-state index in [0.29, 0.717) is 29.1 Å². The summed E-state index contributed by atoms with van der Waals surface area (Å²) in [5, 5.41) is 16.5. The summed E-state index contributed by atoms with van der Waals surface area (Å²) in [5.74, 6) is 0.193. The zero-order valence-electron chi connectivity index (χ0n) is 28.9. The summed E-state index contributed by atoms with van der Waals surface area (Å²) >= 11 is 0. The van der Waals surface area contributed by atoms with Crippen LogP contribution in [0.5, 0.6) is 5.75 Å². The summed E-state index contributed by atoms with van der Waals surface area (Å²) < 4.78 is 22.8. The van der Waals surface area contributed by atoms with Crippen LogP contribution < -0.4 is 15.4 Å². The van der Waals surface area contributed by atoms with Gasteiger partial charge in [-0.2, -0.15) is 0 Å². The number of aliphatic hydroxyl groups excluding tert-OH is 1. The van der Waals surface area contributed by atoms with E-state index in [1.54, 1.807) is 76.2 Å². The SMILES string of the molecule is CCOC(=O)c1ccc(NC(=O)Nc2ccc(CC(CO[Si](C)(C)C)N(CC(O)COc3ccccc3)C(=O)OC(C)(C)C)cc2)cc1. The van der Waals surface area contributed by atoms with Gasteiger partial charge in [0.2, 0.25) is 0 Å². The molecule has 2 unspecified atom stereocenters. The van der Waals surface area contributed by atoms with Gasteiger partial charge >= 0.3 is 18.1 Å². The number of nitrogens with zero attached hydrogens (tertiary/aromatic N) is 1. The van der Waals surface area contributed by atoms with Crippen LogP contribution in [0.2, 0.25) is 19.6 Å². The summed E-state index contributed by atoms with van der Waals surface area (Å²) in [4.78, 5) is 39.6. The molecule has 3 aromatic rings. The van der Waals surface area contributed by atoms with Crippen molar-refractivity contribution in [2.75, 3.05) is 37.0 Å². The molecule has 0 aliphatic heterocycles. The number of rotatable bonds is 15. The van der Waals surface area contributed by atoms with Crippen molar-refractivity contribution in [2.45, 2.75) is 71.5 Å². The van der Waals surface area contributed by atoms with Gasteiger partial charge in [-0.25, -0.2) is 14.4 Å². The fourth-order valence-electron chi connectivity index (χ4n) is 4.48. The molecule has 0 fully saturated rings. The van der Waals surface area contributed by atoms with Crippen molar-refractivity contribution in [1.82, 2.24) is 4.90 Å². The van der Waals surface area contributed by atoms with Crippen LogP contribution in [0.1, 0.15) is 43.6 Å². The topological polar surface area (TPSA) is 136 Å². The van der Waals surface area contributed by atoms with Gasteiger partial charge in [0.05, 0.1) is 31.4 Å². The molecule has 3 amide bonds. The summed E-state index contributed by atoms with van der Waals surface area (Å²) in [5.41, 5.74) is 1.62. The fourth-order valence-corrected chi connectivity index (χ4v) is 5.17. The van der Waals surface area contributed by atoms with E-state index in [9.17, 15) is 19.5 Å². The number of carbonyl (C=O) groups is 3. The van der Waals surface area contributed by atoms with Gasteiger partial charge in [0.1, 0.15) is 24.1 Å². The third kappa shape index (κ3) is 13.8. The van der Waals surface area contributed by atoms with Crippen molar-refractivity contribution in [3.05, 3.63) is 90.0 Å². The Bertz CT molecular complexity index is 1460. The first kappa shape index (κ1) is 38.1. The summed E-state index contributed by atoms with van der Waals surface area (Å²) in [6, 6.07) is 22.0. The molecule has 12 heteroatoms. The van der Waals surface area contributed by atoms with Crippen molar-refractivity contribution >= 4 is 37.8 Å². The molecular formula is C36H49N3O8Si. The highest BCUT2D eigenvalue weighted by atomic mass is 28.4. The van der Waals surface area contributed by atoms with Crippen LogP contribution in [0.25, 0.3) is 0 Å². The first-order valence-corrected chi connectivity index (χ1v) is 19.5. The van der Waals surface area contributed by atoms with Crippen LogP contribution in [-0.4, -0.2) is 80.5 Å². The first-order valence-electron chi connectivity index (χ1n) is 16.1. The fraction of sp³-hybridized carbons (Fsp3) is 0.417. The molecule has 0 spiro atoms. The first-order chi connectivity index (χ1) is 22.6. The highest BCUT2D eigenvalue weighted by Gasteiger charge is 2.32. The molecule has 2 atom stereocenters. The van der Waals surface area contributed by atoms with Gasteiger partial charge in [0.15, 0.2) is 8.32 Å². The third-order valence-corrected chi connectivity index (χ3v) is 7.74. The van der Waals surface area contributed by atoms with Gasteiger partial charge in [-0.3, -0.25) is 4.90 Å². The van der Waals surface area contributed by atoms with E-state index in [1.807, 2.05) is 30.3 Å². The average molecular weight is 680 g/mol. The number of benzene rings is 3. The molecule has 0 heterocycles. The van der Waals surface area contributed by atoms with E-state index in [0.717, 1.165) is 5.56 Å². The van der Waals surface area contributed by atoms with Gasteiger partial charge in [0, 0.05) is 11.4 Å². The van der Waals surface area contributed by atoms with Gasteiger partial charge in [-0.15, -0.1) is 0 Å². The lowest BCUT2D eigenvalue weighted by atomic mass is 10.0. The standard InChI is InChI=1S/C36H49N3O8Si/c1-8-44-33(41)27-16-20-29(21-17-27)38-34(42)37-28-18-14-26(15-19-28)22-30(24-46-48(5,6)7)39(35(43)47-36(2,3)4)23-31(40)25-45-32-12-10-9-11-13-32/h9-21,30-31,40H,8,22-25H2,1-7H3,(H2,37,38,42). The lowest BCUT2D eigenvalue weighted by molar-refractivity contribution is -0.00784. The molecule has 0 saturated heterocycles. The van der Waals surface area contributed by atoms with E-state index in [1.165, 1.54) is 4.90 Å². The predicted molar refractivity (Wildman–Crippen MR) is 189 cm³/mol. The number of ether oxygens (including phenoxy) is 3. The van der Waals surface area contributed by atoms with Gasteiger partial charge in [-0.05, 0) is 108 Å². The Labute approximate surface area is 284 Å². The number of amides is 3. The Balaban J connectivity index is 1.72. The summed E-state index contributed by atoms with van der Waals surface area (Å²) in [7, 11) is -1.98. The maximum Gasteiger partial charge on any atom is 0.410 e. The molecule has 0 bridgehead atoms.